The summed E-state index contributed by atoms with van der Waals surface area (Å²) in [5.74, 6) is -1.02. The number of aromatic nitrogens is 2. The molecule has 2 aromatic carbocycles. The summed E-state index contributed by atoms with van der Waals surface area (Å²) >= 11 is 6.19. The van der Waals surface area contributed by atoms with Crippen molar-refractivity contribution in [3.63, 3.8) is 0 Å². The molecule has 32 heavy (non-hydrogen) atoms. The molecule has 0 fully saturated rings. The van der Waals surface area contributed by atoms with Crippen molar-refractivity contribution in [2.45, 2.75) is 6.54 Å². The van der Waals surface area contributed by atoms with Gasteiger partial charge in [0, 0.05) is 47.0 Å². The van der Waals surface area contributed by atoms with Crippen LogP contribution in [0.25, 0.3) is 10.9 Å². The van der Waals surface area contributed by atoms with E-state index in [1.807, 2.05) is 36.1 Å². The van der Waals surface area contributed by atoms with Gasteiger partial charge in [0.25, 0.3) is 13.3 Å². The summed E-state index contributed by atoms with van der Waals surface area (Å²) in [6.45, 7) is 0.270. The number of fused-ring (bicyclic) bond motifs is 1. The Morgan fingerprint density at radius 2 is 1.94 bits per heavy atom. The Morgan fingerprint density at radius 1 is 1.19 bits per heavy atom. The Balaban J connectivity index is 1.82. The number of benzene rings is 2. The van der Waals surface area contributed by atoms with Gasteiger partial charge in [-0.1, -0.05) is 17.7 Å². The van der Waals surface area contributed by atoms with Gasteiger partial charge in [0.2, 0.25) is 0 Å². The molecule has 0 saturated heterocycles. The van der Waals surface area contributed by atoms with Crippen molar-refractivity contribution in [2.24, 2.45) is 7.05 Å². The number of nitrogens with one attached hydrogen (secondary N) is 2. The van der Waals surface area contributed by atoms with Gasteiger partial charge in [-0.05, 0) is 42.0 Å². The minimum Gasteiger partial charge on any atom is -0.350 e. The van der Waals surface area contributed by atoms with Crippen LogP contribution in [-0.4, -0.2) is 18.0 Å². The first-order chi connectivity index (χ1) is 15.3. The van der Waals surface area contributed by atoms with Crippen LogP contribution in [0.15, 0.2) is 67.0 Å². The number of amides is 1. The normalized spacial score (nSPS) is 13.1. The molecule has 2 N–H and O–H groups in total. The van der Waals surface area contributed by atoms with Crippen molar-refractivity contribution >= 4 is 46.4 Å². The van der Waals surface area contributed by atoms with Gasteiger partial charge in [-0.15, -0.1) is 0 Å². The fourth-order valence-corrected chi connectivity index (χ4v) is 5.88. The van der Waals surface area contributed by atoms with Crippen LogP contribution in [0, 0.1) is 5.82 Å². The zero-order valence-corrected chi connectivity index (χ0v) is 19.1. The molecule has 0 spiro atoms. The number of hydrogen-bond acceptors (Lipinski definition) is 3. The number of nitrogens with zero attached hydrogens (tertiary/aromatic N) is 1. The topological polar surface area (TPSA) is 75.1 Å². The predicted molar refractivity (Wildman–Crippen MR) is 122 cm³/mol. The Bertz CT molecular complexity index is 1350. The number of pyridine rings is 1. The average Bonchev–Trinajstić information content (AvgIpc) is 3.17. The molecular weight excluding hydrogens is 452 g/mol. The van der Waals surface area contributed by atoms with Crippen molar-refractivity contribution < 1.29 is 22.8 Å². The van der Waals surface area contributed by atoms with E-state index in [1.54, 1.807) is 18.2 Å². The number of hydrogen-bond donors (Lipinski definition) is 2. The second-order valence-electron chi connectivity index (χ2n) is 7.31. The van der Waals surface area contributed by atoms with Crippen LogP contribution in [-0.2, 0) is 22.7 Å². The number of H-pyrrole nitrogens is 1. The quantitative estimate of drug-likeness (QED) is 0.333. The SMILES string of the molecule is COP(=O)(c1cccc(F)c1)c1c(C(=O)NCc2cc[n+](C)cc2)[nH]c2ccc(Cl)cc12. The van der Waals surface area contributed by atoms with Gasteiger partial charge in [-0.3, -0.25) is 9.36 Å². The second kappa shape index (κ2) is 8.87. The molecule has 0 saturated carbocycles. The van der Waals surface area contributed by atoms with Crippen LogP contribution >= 0.6 is 19.0 Å². The lowest BCUT2D eigenvalue weighted by molar-refractivity contribution is -0.671. The van der Waals surface area contributed by atoms with E-state index in [0.29, 0.717) is 15.9 Å². The average molecular weight is 473 g/mol. The highest BCUT2D eigenvalue weighted by Gasteiger charge is 2.36. The summed E-state index contributed by atoms with van der Waals surface area (Å²) < 4.78 is 35.5. The zero-order valence-electron chi connectivity index (χ0n) is 17.4. The van der Waals surface area contributed by atoms with E-state index in [2.05, 4.69) is 10.3 Å². The van der Waals surface area contributed by atoms with E-state index in [4.69, 9.17) is 16.1 Å². The van der Waals surface area contributed by atoms with E-state index in [9.17, 15) is 13.8 Å². The number of carbonyl (C=O) groups is 1. The maximum absolute atomic E-state index is 14.1. The van der Waals surface area contributed by atoms with Crippen molar-refractivity contribution in [2.75, 3.05) is 7.11 Å². The first kappa shape index (κ1) is 22.2. The molecule has 0 radical (unpaired) electrons. The summed E-state index contributed by atoms with van der Waals surface area (Å²) in [5.41, 5.74) is 1.55. The molecule has 4 aromatic rings. The van der Waals surface area contributed by atoms with Crippen LogP contribution in [0.4, 0.5) is 4.39 Å². The van der Waals surface area contributed by atoms with Gasteiger partial charge in [0.05, 0.1) is 5.30 Å². The summed E-state index contributed by atoms with van der Waals surface area (Å²) in [7, 11) is -0.657. The minimum atomic E-state index is -3.84. The van der Waals surface area contributed by atoms with Crippen LogP contribution < -0.4 is 20.5 Å². The largest absolute Gasteiger partial charge is 0.350 e. The molecule has 1 unspecified atom stereocenters. The molecule has 1 amide bonds. The minimum absolute atomic E-state index is 0.0817. The molecule has 0 aliphatic rings. The summed E-state index contributed by atoms with van der Waals surface area (Å²) in [6.07, 6.45) is 3.75. The Kier molecular flexibility index (Phi) is 6.15. The van der Waals surface area contributed by atoms with Crippen LogP contribution in [0.5, 0.6) is 0 Å². The summed E-state index contributed by atoms with van der Waals surface area (Å²) in [4.78, 5) is 16.2. The van der Waals surface area contributed by atoms with Crippen molar-refractivity contribution in [3.05, 3.63) is 89.1 Å². The van der Waals surface area contributed by atoms with Crippen molar-refractivity contribution in [1.29, 1.82) is 0 Å². The fourth-order valence-electron chi connectivity index (χ4n) is 3.53. The third kappa shape index (κ3) is 4.19. The molecule has 6 nitrogen and oxygen atoms in total. The summed E-state index contributed by atoms with van der Waals surface area (Å²) in [6, 6.07) is 14.1. The van der Waals surface area contributed by atoms with Crippen molar-refractivity contribution in [3.8, 4) is 0 Å². The number of carbonyl (C=O) groups excluding carboxylic acids is 1. The number of rotatable bonds is 6. The Morgan fingerprint density at radius 3 is 2.62 bits per heavy atom. The van der Waals surface area contributed by atoms with E-state index in [0.717, 1.165) is 11.6 Å². The second-order valence-corrected chi connectivity index (χ2v) is 10.2. The van der Waals surface area contributed by atoms with Gasteiger partial charge in [0.1, 0.15) is 18.6 Å². The lowest BCUT2D eigenvalue weighted by atomic mass is 10.2. The monoisotopic (exact) mass is 472 g/mol. The molecule has 9 heteroatoms. The third-order valence-corrected chi connectivity index (χ3v) is 7.92. The Labute approximate surface area is 189 Å². The highest BCUT2D eigenvalue weighted by Crippen LogP contribution is 2.47. The van der Waals surface area contributed by atoms with Gasteiger partial charge < -0.3 is 14.8 Å². The van der Waals surface area contributed by atoms with Gasteiger partial charge in [-0.2, -0.15) is 0 Å². The molecule has 164 valence electrons. The first-order valence-corrected chi connectivity index (χ1v) is 11.8. The molecule has 0 bridgehead atoms. The molecular formula is C23H21ClFN3O3P+. The zero-order chi connectivity index (χ0) is 22.9. The molecule has 2 heterocycles. The first-order valence-electron chi connectivity index (χ1n) is 9.78. The van der Waals surface area contributed by atoms with Crippen LogP contribution in [0.1, 0.15) is 16.1 Å². The van der Waals surface area contributed by atoms with Gasteiger partial charge >= 0.3 is 0 Å². The summed E-state index contributed by atoms with van der Waals surface area (Å²) in [5, 5.41) is 4.03. The molecule has 0 aliphatic carbocycles. The highest BCUT2D eigenvalue weighted by molar-refractivity contribution is 7.75. The lowest BCUT2D eigenvalue weighted by Gasteiger charge is -2.18. The van der Waals surface area contributed by atoms with Gasteiger partial charge in [0.15, 0.2) is 12.4 Å². The van der Waals surface area contributed by atoms with E-state index in [1.165, 1.54) is 25.3 Å². The molecule has 4 rings (SSSR count). The molecule has 1 atom stereocenters. The number of aromatic amines is 1. The van der Waals surface area contributed by atoms with Crippen LogP contribution in [0.3, 0.4) is 0 Å². The van der Waals surface area contributed by atoms with Crippen LogP contribution in [0.2, 0.25) is 5.02 Å². The lowest BCUT2D eigenvalue weighted by Crippen LogP contribution is -2.31. The number of halogens is 2. The molecule has 2 aromatic heterocycles. The van der Waals surface area contributed by atoms with E-state index in [-0.39, 0.29) is 22.8 Å². The highest BCUT2D eigenvalue weighted by atomic mass is 35.5. The smallest absolute Gasteiger partial charge is 0.268 e. The third-order valence-electron chi connectivity index (χ3n) is 5.16. The molecule has 0 aliphatic heterocycles. The number of aryl methyl sites for hydroxylation is 1. The van der Waals surface area contributed by atoms with E-state index >= 15 is 0 Å². The fraction of sp³-hybridized carbons (Fsp3) is 0.130. The van der Waals surface area contributed by atoms with E-state index < -0.39 is 19.1 Å². The standard InChI is InChI=1S/C23H20ClFN3O3P/c1-28-10-8-15(9-11-28)14-26-23(29)21-22(19-12-16(24)6-7-20(19)27-21)32(30,31-2)18-5-3-4-17(25)13-18/h3-13H,14H2,1-2H3,(H-,26,27,29,30)/p+1. The van der Waals surface area contributed by atoms with Crippen molar-refractivity contribution in [1.82, 2.24) is 10.3 Å². The maximum atomic E-state index is 14.1. The Hall–Kier alpha value is -2.99. The van der Waals surface area contributed by atoms with Gasteiger partial charge in [-0.25, -0.2) is 8.96 Å². The maximum Gasteiger partial charge on any atom is 0.268 e. The predicted octanol–water partition coefficient (Wildman–Crippen LogP) is 3.59.